The minimum absolute atomic E-state index is 0.0457. The van der Waals surface area contributed by atoms with Crippen molar-refractivity contribution in [3.8, 4) is 12.3 Å². The number of carbonyl (C=O) groups is 2. The highest BCUT2D eigenvalue weighted by molar-refractivity contribution is 5.96. The molecule has 0 spiro atoms. The molecule has 2 fully saturated rings. The van der Waals surface area contributed by atoms with E-state index in [0.29, 0.717) is 24.7 Å². The molecule has 1 aliphatic carbocycles. The second-order valence-electron chi connectivity index (χ2n) is 9.25. The Balaban J connectivity index is 1.18. The molecule has 0 atom stereocenters. The molecule has 4 rings (SSSR count). The van der Waals surface area contributed by atoms with E-state index in [1.165, 1.54) is 12.1 Å². The molecule has 190 valence electrons. The zero-order chi connectivity index (χ0) is 25.9. The van der Waals surface area contributed by atoms with Crippen LogP contribution in [0.5, 0.6) is 0 Å². The number of halogens is 3. The van der Waals surface area contributed by atoms with E-state index in [0.717, 1.165) is 43.9 Å². The van der Waals surface area contributed by atoms with E-state index in [9.17, 15) is 27.6 Å². The first kappa shape index (κ1) is 25.5. The fourth-order valence-corrected chi connectivity index (χ4v) is 4.86. The third-order valence-electron chi connectivity index (χ3n) is 6.82. The number of benzene rings is 1. The van der Waals surface area contributed by atoms with Crippen molar-refractivity contribution in [3.63, 3.8) is 0 Å². The van der Waals surface area contributed by atoms with Gasteiger partial charge in [-0.1, -0.05) is 12.0 Å². The number of aromatic nitrogens is 1. The predicted molar refractivity (Wildman–Crippen MR) is 127 cm³/mol. The lowest BCUT2D eigenvalue weighted by Crippen LogP contribution is -2.63. The number of carbonyl (C=O) groups excluding carboxylic acids is 2. The van der Waals surface area contributed by atoms with Gasteiger partial charge in [0.2, 0.25) is 5.91 Å². The molecular formula is C26H27F3N4O3. The van der Waals surface area contributed by atoms with Crippen LogP contribution in [0.1, 0.15) is 53.2 Å². The van der Waals surface area contributed by atoms with Gasteiger partial charge in [-0.05, 0) is 49.9 Å². The van der Waals surface area contributed by atoms with Crippen molar-refractivity contribution in [2.24, 2.45) is 0 Å². The van der Waals surface area contributed by atoms with Crippen molar-refractivity contribution in [3.05, 3.63) is 69.6 Å². The molecule has 1 aromatic carbocycles. The third-order valence-corrected chi connectivity index (χ3v) is 6.82. The number of amides is 2. The molecular weight excluding hydrogens is 473 g/mol. The minimum Gasteiger partial charge on any atom is -0.349 e. The van der Waals surface area contributed by atoms with Crippen LogP contribution in [-0.2, 0) is 11.0 Å². The predicted octanol–water partition coefficient (Wildman–Crippen LogP) is 2.56. The lowest BCUT2D eigenvalue weighted by atomic mass is 9.87. The molecule has 0 bridgehead atoms. The zero-order valence-electron chi connectivity index (χ0n) is 19.6. The summed E-state index contributed by atoms with van der Waals surface area (Å²) in [5, 5.41) is 5.21. The maximum atomic E-state index is 12.8. The lowest BCUT2D eigenvalue weighted by molar-refractivity contribution is -0.137. The quantitative estimate of drug-likeness (QED) is 0.598. The summed E-state index contributed by atoms with van der Waals surface area (Å²) in [7, 11) is 0. The molecule has 2 heterocycles. The molecule has 0 radical (unpaired) electrons. The Morgan fingerprint density at radius 1 is 1.06 bits per heavy atom. The zero-order valence-corrected chi connectivity index (χ0v) is 19.6. The summed E-state index contributed by atoms with van der Waals surface area (Å²) in [6, 6.07) is 7.67. The Morgan fingerprint density at radius 2 is 1.75 bits per heavy atom. The molecule has 1 aromatic heterocycles. The van der Waals surface area contributed by atoms with Gasteiger partial charge < -0.3 is 15.2 Å². The molecule has 2 aromatic rings. The van der Waals surface area contributed by atoms with Crippen LogP contribution < -0.4 is 16.2 Å². The van der Waals surface area contributed by atoms with Crippen molar-refractivity contribution in [2.45, 2.75) is 50.0 Å². The first-order valence-corrected chi connectivity index (χ1v) is 11.8. The van der Waals surface area contributed by atoms with E-state index >= 15 is 0 Å². The van der Waals surface area contributed by atoms with Gasteiger partial charge in [0.15, 0.2) is 0 Å². The van der Waals surface area contributed by atoms with Crippen LogP contribution in [-0.4, -0.2) is 53.0 Å². The van der Waals surface area contributed by atoms with Crippen molar-refractivity contribution < 1.29 is 22.8 Å². The maximum absolute atomic E-state index is 12.8. The molecule has 1 saturated heterocycles. The Hall–Kier alpha value is -3.58. The molecule has 2 amide bonds. The minimum atomic E-state index is -4.55. The highest BCUT2D eigenvalue weighted by Crippen LogP contribution is 2.32. The second kappa shape index (κ2) is 10.6. The summed E-state index contributed by atoms with van der Waals surface area (Å²) >= 11 is 0. The summed E-state index contributed by atoms with van der Waals surface area (Å²) in [4.78, 5) is 38.9. The molecule has 1 aliphatic heterocycles. The average Bonchev–Trinajstić information content (AvgIpc) is 2.84. The monoisotopic (exact) mass is 500 g/mol. The van der Waals surface area contributed by atoms with Gasteiger partial charge in [-0.2, -0.15) is 13.2 Å². The summed E-state index contributed by atoms with van der Waals surface area (Å²) in [5.41, 5.74) is -0.443. The SMILES string of the molecule is C#Cc1ccc(=O)n(C2CCC(N3CC(NC(=O)CNC(=O)c4cccc(C(F)(F)F)c4)C3)CC2)c1. The number of hydrogen-bond donors (Lipinski definition) is 2. The van der Waals surface area contributed by atoms with Crippen molar-refractivity contribution in [2.75, 3.05) is 19.6 Å². The van der Waals surface area contributed by atoms with E-state index in [1.54, 1.807) is 16.8 Å². The Labute approximate surface area is 206 Å². The van der Waals surface area contributed by atoms with Gasteiger partial charge in [0.1, 0.15) is 0 Å². The maximum Gasteiger partial charge on any atom is 0.416 e. The number of nitrogens with zero attached hydrogens (tertiary/aromatic N) is 2. The fraction of sp³-hybridized carbons (Fsp3) is 0.423. The van der Waals surface area contributed by atoms with Gasteiger partial charge in [-0.25, -0.2) is 0 Å². The van der Waals surface area contributed by atoms with Crippen molar-refractivity contribution >= 4 is 11.8 Å². The average molecular weight is 501 g/mol. The van der Waals surface area contributed by atoms with Gasteiger partial charge in [-0.15, -0.1) is 6.42 Å². The van der Waals surface area contributed by atoms with Crippen LogP contribution in [0.3, 0.4) is 0 Å². The highest BCUT2D eigenvalue weighted by Gasteiger charge is 2.35. The highest BCUT2D eigenvalue weighted by atomic mass is 19.4. The largest absolute Gasteiger partial charge is 0.416 e. The molecule has 36 heavy (non-hydrogen) atoms. The third kappa shape index (κ3) is 5.97. The summed E-state index contributed by atoms with van der Waals surface area (Å²) in [6.45, 7) is 1.06. The standard InChI is InChI=1S/C26H27F3N4O3/c1-2-17-6-11-24(35)33(14-17)22-9-7-21(8-10-22)32-15-20(16-32)31-23(34)13-30-25(36)18-4-3-5-19(12-18)26(27,28)29/h1,3-6,11-12,14,20-22H,7-10,13,15-16H2,(H,30,36)(H,31,34). The molecule has 0 unspecified atom stereocenters. The van der Waals surface area contributed by atoms with Crippen molar-refractivity contribution in [1.82, 2.24) is 20.1 Å². The van der Waals surface area contributed by atoms with Gasteiger partial charge >= 0.3 is 6.18 Å². The van der Waals surface area contributed by atoms with E-state index in [2.05, 4.69) is 21.5 Å². The number of pyridine rings is 1. The molecule has 1 saturated carbocycles. The van der Waals surface area contributed by atoms with Crippen LogP contribution in [0.15, 0.2) is 47.4 Å². The number of alkyl halides is 3. The second-order valence-corrected chi connectivity index (χ2v) is 9.25. The van der Waals surface area contributed by atoms with Gasteiger partial charge in [0.05, 0.1) is 18.2 Å². The van der Waals surface area contributed by atoms with Gasteiger partial charge in [0.25, 0.3) is 11.5 Å². The van der Waals surface area contributed by atoms with E-state index in [-0.39, 0.29) is 29.8 Å². The van der Waals surface area contributed by atoms with Crippen LogP contribution in [0.25, 0.3) is 0 Å². The Bertz CT molecular complexity index is 1220. The summed E-state index contributed by atoms with van der Waals surface area (Å²) < 4.78 is 40.2. The van der Waals surface area contributed by atoms with Crippen LogP contribution in [0.2, 0.25) is 0 Å². The molecule has 2 aliphatic rings. The van der Waals surface area contributed by atoms with E-state index in [1.807, 2.05) is 0 Å². The molecule has 10 heteroatoms. The van der Waals surface area contributed by atoms with E-state index < -0.39 is 23.6 Å². The van der Waals surface area contributed by atoms with E-state index in [4.69, 9.17) is 6.42 Å². The molecule has 7 nitrogen and oxygen atoms in total. The topological polar surface area (TPSA) is 83.4 Å². The summed E-state index contributed by atoms with van der Waals surface area (Å²) in [6.07, 6.45) is 6.26. The number of rotatable bonds is 6. The van der Waals surface area contributed by atoms with Gasteiger partial charge in [-0.3, -0.25) is 19.3 Å². The van der Waals surface area contributed by atoms with Crippen molar-refractivity contribution in [1.29, 1.82) is 0 Å². The van der Waals surface area contributed by atoms with Crippen LogP contribution in [0, 0.1) is 12.3 Å². The van der Waals surface area contributed by atoms with Gasteiger partial charge in [0, 0.05) is 48.6 Å². The Kier molecular flexibility index (Phi) is 7.50. The Morgan fingerprint density at radius 3 is 2.42 bits per heavy atom. The molecule has 2 N–H and O–H groups in total. The smallest absolute Gasteiger partial charge is 0.349 e. The first-order valence-electron chi connectivity index (χ1n) is 11.8. The first-order chi connectivity index (χ1) is 17.1. The number of terminal acetylenes is 1. The number of likely N-dealkylation sites (tertiary alicyclic amines) is 1. The lowest BCUT2D eigenvalue weighted by Gasteiger charge is -2.46. The summed E-state index contributed by atoms with van der Waals surface area (Å²) in [5.74, 6) is 1.43. The van der Waals surface area contributed by atoms with Crippen LogP contribution >= 0.6 is 0 Å². The number of nitrogens with one attached hydrogen (secondary N) is 2. The number of hydrogen-bond acceptors (Lipinski definition) is 4. The van der Waals surface area contributed by atoms with Crippen LogP contribution in [0.4, 0.5) is 13.2 Å². The fourth-order valence-electron chi connectivity index (χ4n) is 4.86. The normalized spacial score (nSPS) is 20.7.